The summed E-state index contributed by atoms with van der Waals surface area (Å²) in [6, 6.07) is 5.60. The van der Waals surface area contributed by atoms with E-state index in [0.717, 1.165) is 36.5 Å². The van der Waals surface area contributed by atoms with Gasteiger partial charge in [0.2, 0.25) is 0 Å². The molecule has 0 radical (unpaired) electrons. The third-order valence-electron chi connectivity index (χ3n) is 2.41. The number of hydrogen-bond donors (Lipinski definition) is 1. The van der Waals surface area contributed by atoms with Crippen LogP contribution in [0.3, 0.4) is 0 Å². The highest BCUT2D eigenvalue weighted by Gasteiger charge is 2.02. The lowest BCUT2D eigenvalue weighted by Gasteiger charge is -2.09. The SMILES string of the molecule is CCC(Br)CCNCc1ccc(Cl)cc1Cl. The summed E-state index contributed by atoms with van der Waals surface area (Å²) < 4.78 is 0. The van der Waals surface area contributed by atoms with Gasteiger partial charge < -0.3 is 5.32 Å². The van der Waals surface area contributed by atoms with Crippen molar-refractivity contribution < 1.29 is 0 Å². The van der Waals surface area contributed by atoms with Gasteiger partial charge in [-0.2, -0.15) is 0 Å². The molecule has 1 aromatic carbocycles. The van der Waals surface area contributed by atoms with E-state index in [1.807, 2.05) is 12.1 Å². The fourth-order valence-electron chi connectivity index (χ4n) is 1.35. The molecular weight excluding hydrogens is 309 g/mol. The lowest BCUT2D eigenvalue weighted by Crippen LogP contribution is -2.17. The van der Waals surface area contributed by atoms with E-state index in [0.29, 0.717) is 9.85 Å². The molecule has 0 fully saturated rings. The van der Waals surface area contributed by atoms with Crippen LogP contribution in [0.15, 0.2) is 18.2 Å². The summed E-state index contributed by atoms with van der Waals surface area (Å²) in [6.45, 7) is 3.96. The summed E-state index contributed by atoms with van der Waals surface area (Å²) in [4.78, 5) is 0.598. The Balaban J connectivity index is 2.32. The minimum Gasteiger partial charge on any atom is -0.313 e. The molecule has 0 bridgehead atoms. The normalized spacial score (nSPS) is 12.8. The van der Waals surface area contributed by atoms with Gasteiger partial charge in [0.05, 0.1) is 0 Å². The molecule has 1 atom stereocenters. The lowest BCUT2D eigenvalue weighted by atomic mass is 10.2. The average molecular weight is 325 g/mol. The van der Waals surface area contributed by atoms with Gasteiger partial charge in [-0.1, -0.05) is 52.1 Å². The Labute approximate surface area is 116 Å². The summed E-state index contributed by atoms with van der Waals surface area (Å²) in [5, 5.41) is 4.78. The molecule has 0 spiro atoms. The van der Waals surface area contributed by atoms with Gasteiger partial charge in [-0.05, 0) is 37.1 Å². The fourth-order valence-corrected chi connectivity index (χ4v) is 2.06. The first-order chi connectivity index (χ1) is 7.63. The smallest absolute Gasteiger partial charge is 0.0465 e. The first kappa shape index (κ1) is 14.3. The van der Waals surface area contributed by atoms with Crippen molar-refractivity contribution >= 4 is 39.1 Å². The highest BCUT2D eigenvalue weighted by atomic mass is 79.9. The quantitative estimate of drug-likeness (QED) is 0.593. The second-order valence-corrected chi connectivity index (χ2v) is 5.85. The molecule has 0 saturated heterocycles. The molecule has 0 amide bonds. The van der Waals surface area contributed by atoms with Crippen molar-refractivity contribution in [1.82, 2.24) is 5.32 Å². The van der Waals surface area contributed by atoms with Gasteiger partial charge in [-0.15, -0.1) is 0 Å². The van der Waals surface area contributed by atoms with E-state index in [9.17, 15) is 0 Å². The van der Waals surface area contributed by atoms with Crippen LogP contribution in [-0.4, -0.2) is 11.4 Å². The molecule has 1 rings (SSSR count). The van der Waals surface area contributed by atoms with Crippen LogP contribution in [0.2, 0.25) is 10.0 Å². The lowest BCUT2D eigenvalue weighted by molar-refractivity contribution is 0.630. The Bertz CT molecular complexity index is 331. The molecule has 4 heteroatoms. The molecule has 1 N–H and O–H groups in total. The number of hydrogen-bond acceptors (Lipinski definition) is 1. The first-order valence-corrected chi connectivity index (χ1v) is 7.09. The number of alkyl halides is 1. The van der Waals surface area contributed by atoms with Crippen LogP contribution in [0, 0.1) is 0 Å². The van der Waals surface area contributed by atoms with Crippen LogP contribution in [0.1, 0.15) is 25.3 Å². The molecular formula is C12H16BrCl2N. The molecule has 90 valence electrons. The van der Waals surface area contributed by atoms with Crippen LogP contribution in [0.25, 0.3) is 0 Å². The van der Waals surface area contributed by atoms with Crippen molar-refractivity contribution in [2.75, 3.05) is 6.54 Å². The Morgan fingerprint density at radius 2 is 2.12 bits per heavy atom. The zero-order valence-corrected chi connectivity index (χ0v) is 12.4. The second-order valence-electron chi connectivity index (χ2n) is 3.71. The van der Waals surface area contributed by atoms with Crippen LogP contribution >= 0.6 is 39.1 Å². The van der Waals surface area contributed by atoms with E-state index >= 15 is 0 Å². The average Bonchev–Trinajstić information content (AvgIpc) is 2.26. The minimum atomic E-state index is 0.598. The number of halogens is 3. The summed E-state index contributed by atoms with van der Waals surface area (Å²) >= 11 is 15.5. The Morgan fingerprint density at radius 3 is 2.75 bits per heavy atom. The van der Waals surface area contributed by atoms with Crippen LogP contribution < -0.4 is 5.32 Å². The Morgan fingerprint density at radius 1 is 1.38 bits per heavy atom. The van der Waals surface area contributed by atoms with E-state index in [2.05, 4.69) is 28.2 Å². The maximum atomic E-state index is 6.06. The Hall–Kier alpha value is 0.240. The molecule has 0 aliphatic carbocycles. The molecule has 1 aromatic rings. The topological polar surface area (TPSA) is 12.0 Å². The molecule has 1 nitrogen and oxygen atoms in total. The van der Waals surface area contributed by atoms with E-state index in [-0.39, 0.29) is 0 Å². The van der Waals surface area contributed by atoms with Crippen molar-refractivity contribution in [1.29, 1.82) is 0 Å². The molecule has 0 aromatic heterocycles. The van der Waals surface area contributed by atoms with Gasteiger partial charge >= 0.3 is 0 Å². The molecule has 0 aliphatic rings. The Kier molecular flexibility index (Phi) is 6.74. The molecule has 0 heterocycles. The van der Waals surface area contributed by atoms with Gasteiger partial charge in [0.1, 0.15) is 0 Å². The monoisotopic (exact) mass is 323 g/mol. The fraction of sp³-hybridized carbons (Fsp3) is 0.500. The van der Waals surface area contributed by atoms with Gasteiger partial charge in [-0.25, -0.2) is 0 Å². The van der Waals surface area contributed by atoms with Crippen LogP contribution in [0.5, 0.6) is 0 Å². The van der Waals surface area contributed by atoms with E-state index in [1.165, 1.54) is 0 Å². The van der Waals surface area contributed by atoms with Crippen LogP contribution in [0.4, 0.5) is 0 Å². The van der Waals surface area contributed by atoms with Crippen molar-refractivity contribution in [3.05, 3.63) is 33.8 Å². The van der Waals surface area contributed by atoms with Crippen LogP contribution in [-0.2, 0) is 6.54 Å². The van der Waals surface area contributed by atoms with Crippen molar-refractivity contribution in [3.63, 3.8) is 0 Å². The minimum absolute atomic E-state index is 0.598. The van der Waals surface area contributed by atoms with Gasteiger partial charge in [0.25, 0.3) is 0 Å². The zero-order valence-electron chi connectivity index (χ0n) is 9.27. The molecule has 0 saturated carbocycles. The highest BCUT2D eigenvalue weighted by Crippen LogP contribution is 2.20. The number of nitrogens with one attached hydrogen (secondary N) is 1. The molecule has 0 aliphatic heterocycles. The first-order valence-electron chi connectivity index (χ1n) is 5.42. The van der Waals surface area contributed by atoms with E-state index in [4.69, 9.17) is 23.2 Å². The highest BCUT2D eigenvalue weighted by molar-refractivity contribution is 9.09. The standard InChI is InChI=1S/C12H16BrCl2N/c1-2-10(13)5-6-16-8-9-3-4-11(14)7-12(9)15/h3-4,7,10,16H,2,5-6,8H2,1H3. The largest absolute Gasteiger partial charge is 0.313 e. The second kappa shape index (κ2) is 7.54. The third-order valence-corrected chi connectivity index (χ3v) is 4.10. The van der Waals surface area contributed by atoms with Crippen molar-refractivity contribution in [2.24, 2.45) is 0 Å². The zero-order chi connectivity index (χ0) is 12.0. The third kappa shape index (κ3) is 5.05. The number of benzene rings is 1. The summed E-state index contributed by atoms with van der Waals surface area (Å²) in [6.07, 6.45) is 2.28. The molecule has 1 unspecified atom stereocenters. The number of rotatable bonds is 6. The van der Waals surface area contributed by atoms with Gasteiger partial charge in [0, 0.05) is 21.4 Å². The predicted molar refractivity (Wildman–Crippen MR) is 75.8 cm³/mol. The van der Waals surface area contributed by atoms with E-state index in [1.54, 1.807) is 6.07 Å². The van der Waals surface area contributed by atoms with Gasteiger partial charge in [-0.3, -0.25) is 0 Å². The van der Waals surface area contributed by atoms with Crippen molar-refractivity contribution in [3.8, 4) is 0 Å². The molecule has 16 heavy (non-hydrogen) atoms. The summed E-state index contributed by atoms with van der Waals surface area (Å²) in [5.41, 5.74) is 1.09. The predicted octanol–water partition coefficient (Wildman–Crippen LogP) is 4.65. The van der Waals surface area contributed by atoms with E-state index < -0.39 is 0 Å². The summed E-state index contributed by atoms with van der Waals surface area (Å²) in [7, 11) is 0. The maximum Gasteiger partial charge on any atom is 0.0465 e. The maximum absolute atomic E-state index is 6.06. The summed E-state index contributed by atoms with van der Waals surface area (Å²) in [5.74, 6) is 0. The van der Waals surface area contributed by atoms with Gasteiger partial charge in [0.15, 0.2) is 0 Å². The van der Waals surface area contributed by atoms with Crippen molar-refractivity contribution in [2.45, 2.75) is 31.1 Å².